The van der Waals surface area contributed by atoms with Crippen molar-refractivity contribution in [1.82, 2.24) is 10.2 Å². The Morgan fingerprint density at radius 3 is 2.32 bits per heavy atom. The highest BCUT2D eigenvalue weighted by Crippen LogP contribution is 1.97. The van der Waals surface area contributed by atoms with Gasteiger partial charge in [0.15, 0.2) is 0 Å². The topological polar surface area (TPSA) is 122 Å². The summed E-state index contributed by atoms with van der Waals surface area (Å²) < 4.78 is 10.5. The number of amides is 2. The van der Waals surface area contributed by atoms with Crippen LogP contribution in [-0.4, -0.2) is 80.1 Å². The highest BCUT2D eigenvalue weighted by Gasteiger charge is 2.14. The molecule has 9 nitrogen and oxygen atoms in total. The van der Waals surface area contributed by atoms with Crippen molar-refractivity contribution in [2.24, 2.45) is 0 Å². The van der Waals surface area contributed by atoms with Gasteiger partial charge in [0.25, 0.3) is 0 Å². The predicted octanol–water partition coefficient (Wildman–Crippen LogP) is -0.173. The molecule has 2 amide bonds. The number of nitrogens with one attached hydrogen (secondary N) is 1. The Bertz CT molecular complexity index is 429. The normalized spacial score (nSPS) is 11.6. The van der Waals surface area contributed by atoms with E-state index in [9.17, 15) is 19.2 Å². The van der Waals surface area contributed by atoms with Crippen LogP contribution in [0.4, 0.5) is 0 Å². The number of likely N-dealkylation sites (N-methyl/N-ethyl adjacent to an activating group) is 1. The second kappa shape index (κ2) is 14.4. The predicted molar refractivity (Wildman–Crippen MR) is 89.0 cm³/mol. The van der Waals surface area contributed by atoms with Crippen molar-refractivity contribution < 1.29 is 33.8 Å². The first-order valence-electron chi connectivity index (χ1n) is 8.23. The minimum absolute atomic E-state index is 0.0202. The smallest absolute Gasteiger partial charge is 0.303 e. The molecule has 0 saturated heterocycles. The molecule has 0 rings (SSSR count). The molecule has 0 aliphatic heterocycles. The fourth-order valence-corrected chi connectivity index (χ4v) is 1.73. The molecule has 2 N–H and O–H groups in total. The number of aldehydes is 1. The highest BCUT2D eigenvalue weighted by molar-refractivity contribution is 5.79. The Morgan fingerprint density at radius 1 is 1.08 bits per heavy atom. The van der Waals surface area contributed by atoms with Gasteiger partial charge in [0, 0.05) is 26.4 Å². The monoisotopic (exact) mass is 360 g/mol. The van der Waals surface area contributed by atoms with E-state index in [0.29, 0.717) is 39.1 Å². The second-order valence-corrected chi connectivity index (χ2v) is 5.45. The van der Waals surface area contributed by atoms with Crippen molar-refractivity contribution in [2.45, 2.75) is 38.6 Å². The summed E-state index contributed by atoms with van der Waals surface area (Å²) >= 11 is 0. The Hall–Kier alpha value is -2.00. The quantitative estimate of drug-likeness (QED) is 0.307. The number of ether oxygens (including phenoxy) is 2. The zero-order chi connectivity index (χ0) is 19.1. The van der Waals surface area contributed by atoms with Crippen molar-refractivity contribution in [3.63, 3.8) is 0 Å². The lowest BCUT2D eigenvalue weighted by Crippen LogP contribution is -2.36. The SMILES string of the molecule is CC(C=O)N(C)C(=O)CCOCCOCCNC(=O)CCCC(=O)O. The molecule has 25 heavy (non-hydrogen) atoms. The van der Waals surface area contributed by atoms with Gasteiger partial charge in [-0.25, -0.2) is 0 Å². The van der Waals surface area contributed by atoms with Gasteiger partial charge in [0.05, 0.1) is 38.9 Å². The highest BCUT2D eigenvalue weighted by atomic mass is 16.5. The van der Waals surface area contributed by atoms with Gasteiger partial charge in [0.1, 0.15) is 6.29 Å². The third-order valence-corrected chi connectivity index (χ3v) is 3.40. The van der Waals surface area contributed by atoms with Crippen LogP contribution >= 0.6 is 0 Å². The molecule has 144 valence electrons. The zero-order valence-electron chi connectivity index (χ0n) is 14.9. The fourth-order valence-electron chi connectivity index (χ4n) is 1.73. The van der Waals surface area contributed by atoms with Crippen LogP contribution in [0.2, 0.25) is 0 Å². The molecular weight excluding hydrogens is 332 g/mol. The summed E-state index contributed by atoms with van der Waals surface area (Å²) in [6.45, 7) is 3.23. The Morgan fingerprint density at radius 2 is 1.72 bits per heavy atom. The Kier molecular flexibility index (Phi) is 13.2. The van der Waals surface area contributed by atoms with E-state index in [2.05, 4.69) is 5.32 Å². The standard InChI is InChI=1S/C16H28N2O7/c1-13(12-19)18(2)15(21)6-8-24-10-11-25-9-7-17-14(20)4-3-5-16(22)23/h12-13H,3-11H2,1-2H3,(H,17,20)(H,22,23). The molecule has 0 aromatic heterocycles. The average Bonchev–Trinajstić information content (AvgIpc) is 2.58. The van der Waals surface area contributed by atoms with E-state index in [-0.39, 0.29) is 37.7 Å². The largest absolute Gasteiger partial charge is 0.481 e. The third kappa shape index (κ3) is 13.0. The zero-order valence-corrected chi connectivity index (χ0v) is 14.9. The molecule has 0 aliphatic carbocycles. The van der Waals surface area contributed by atoms with E-state index in [4.69, 9.17) is 14.6 Å². The minimum Gasteiger partial charge on any atom is -0.481 e. The van der Waals surface area contributed by atoms with E-state index in [1.807, 2.05) is 0 Å². The molecule has 1 unspecified atom stereocenters. The van der Waals surface area contributed by atoms with Gasteiger partial charge in [-0.15, -0.1) is 0 Å². The number of aliphatic carboxylic acids is 1. The van der Waals surface area contributed by atoms with Gasteiger partial charge < -0.3 is 29.6 Å². The molecule has 0 bridgehead atoms. The summed E-state index contributed by atoms with van der Waals surface area (Å²) in [6.07, 6.45) is 1.38. The lowest BCUT2D eigenvalue weighted by molar-refractivity contribution is -0.137. The van der Waals surface area contributed by atoms with Crippen molar-refractivity contribution in [3.05, 3.63) is 0 Å². The van der Waals surface area contributed by atoms with E-state index >= 15 is 0 Å². The molecule has 0 spiro atoms. The first kappa shape index (κ1) is 23.0. The Labute approximate surface area is 147 Å². The maximum Gasteiger partial charge on any atom is 0.303 e. The summed E-state index contributed by atoms with van der Waals surface area (Å²) in [5.74, 6) is -1.28. The van der Waals surface area contributed by atoms with Gasteiger partial charge in [0.2, 0.25) is 11.8 Å². The van der Waals surface area contributed by atoms with Crippen LogP contribution in [0.3, 0.4) is 0 Å². The van der Waals surface area contributed by atoms with E-state index < -0.39 is 12.0 Å². The molecule has 0 heterocycles. The van der Waals surface area contributed by atoms with Gasteiger partial charge in [-0.1, -0.05) is 0 Å². The van der Waals surface area contributed by atoms with Crippen LogP contribution in [-0.2, 0) is 28.7 Å². The van der Waals surface area contributed by atoms with Crippen LogP contribution in [0, 0.1) is 0 Å². The maximum absolute atomic E-state index is 11.7. The number of nitrogens with zero attached hydrogens (tertiary/aromatic N) is 1. The Balaban J connectivity index is 3.44. The number of carboxylic acids is 1. The number of carbonyl (C=O) groups is 4. The van der Waals surface area contributed by atoms with Crippen LogP contribution < -0.4 is 5.32 Å². The average molecular weight is 360 g/mol. The van der Waals surface area contributed by atoms with Crippen molar-refractivity contribution in [3.8, 4) is 0 Å². The molecule has 0 aliphatic rings. The summed E-state index contributed by atoms with van der Waals surface area (Å²) in [5.41, 5.74) is 0. The second-order valence-electron chi connectivity index (χ2n) is 5.45. The van der Waals surface area contributed by atoms with Crippen molar-refractivity contribution in [2.75, 3.05) is 40.0 Å². The lowest BCUT2D eigenvalue weighted by atomic mass is 10.2. The van der Waals surface area contributed by atoms with Crippen molar-refractivity contribution in [1.29, 1.82) is 0 Å². The van der Waals surface area contributed by atoms with E-state index in [1.165, 1.54) is 4.90 Å². The van der Waals surface area contributed by atoms with Crippen LogP contribution in [0.1, 0.15) is 32.6 Å². The molecule has 1 atom stereocenters. The summed E-state index contributed by atoms with van der Waals surface area (Å²) in [6, 6.07) is -0.449. The van der Waals surface area contributed by atoms with Gasteiger partial charge in [-0.2, -0.15) is 0 Å². The molecule has 0 aromatic rings. The summed E-state index contributed by atoms with van der Waals surface area (Å²) in [7, 11) is 1.57. The van der Waals surface area contributed by atoms with Gasteiger partial charge >= 0.3 is 5.97 Å². The fraction of sp³-hybridized carbons (Fsp3) is 0.750. The van der Waals surface area contributed by atoms with Crippen LogP contribution in [0.25, 0.3) is 0 Å². The minimum atomic E-state index is -0.914. The maximum atomic E-state index is 11.7. The summed E-state index contributed by atoms with van der Waals surface area (Å²) in [4.78, 5) is 45.3. The van der Waals surface area contributed by atoms with E-state index in [0.717, 1.165) is 0 Å². The summed E-state index contributed by atoms with van der Waals surface area (Å²) in [5, 5.41) is 11.1. The number of carboxylic acid groups (broad SMARTS) is 1. The van der Waals surface area contributed by atoms with Crippen LogP contribution in [0.5, 0.6) is 0 Å². The van der Waals surface area contributed by atoms with Crippen LogP contribution in [0.15, 0.2) is 0 Å². The number of carbonyl (C=O) groups excluding carboxylic acids is 3. The molecule has 0 aromatic carbocycles. The molecule has 0 radical (unpaired) electrons. The lowest BCUT2D eigenvalue weighted by Gasteiger charge is -2.20. The third-order valence-electron chi connectivity index (χ3n) is 3.40. The molecule has 9 heteroatoms. The number of hydrogen-bond acceptors (Lipinski definition) is 6. The molecule has 0 fully saturated rings. The number of rotatable bonds is 15. The first-order chi connectivity index (χ1) is 11.9. The molecule has 0 saturated carbocycles. The van der Waals surface area contributed by atoms with Crippen molar-refractivity contribution >= 4 is 24.1 Å². The number of hydrogen-bond donors (Lipinski definition) is 2. The van der Waals surface area contributed by atoms with E-state index in [1.54, 1.807) is 14.0 Å². The van der Waals surface area contributed by atoms with Gasteiger partial charge in [-0.05, 0) is 13.3 Å². The van der Waals surface area contributed by atoms with Gasteiger partial charge in [-0.3, -0.25) is 14.4 Å². The molecular formula is C16H28N2O7. The first-order valence-corrected chi connectivity index (χ1v) is 8.23.